The van der Waals surface area contributed by atoms with Gasteiger partial charge >= 0.3 is 6.03 Å². The van der Waals surface area contributed by atoms with E-state index in [4.69, 9.17) is 0 Å². The highest BCUT2D eigenvalue weighted by molar-refractivity contribution is 5.84. The van der Waals surface area contributed by atoms with Crippen molar-refractivity contribution in [3.63, 3.8) is 0 Å². The third kappa shape index (κ3) is 4.50. The molecule has 0 aromatic heterocycles. The number of hydrogen-bond donors (Lipinski definition) is 2. The number of aliphatic hydroxyl groups is 1. The van der Waals surface area contributed by atoms with Gasteiger partial charge in [-0.1, -0.05) is 0 Å². The van der Waals surface area contributed by atoms with Crippen LogP contribution >= 0.6 is 0 Å². The molecule has 1 fully saturated rings. The van der Waals surface area contributed by atoms with Crippen molar-refractivity contribution in [2.75, 3.05) is 53.9 Å². The number of carbonyl (C=O) groups excluding carboxylic acids is 2. The van der Waals surface area contributed by atoms with Crippen LogP contribution in [0.5, 0.6) is 0 Å². The van der Waals surface area contributed by atoms with E-state index in [2.05, 4.69) is 5.32 Å². The van der Waals surface area contributed by atoms with Gasteiger partial charge in [0.25, 0.3) is 0 Å². The van der Waals surface area contributed by atoms with E-state index < -0.39 is 6.10 Å². The molecule has 1 saturated heterocycles. The van der Waals surface area contributed by atoms with Crippen LogP contribution in [0.1, 0.15) is 0 Å². The summed E-state index contributed by atoms with van der Waals surface area (Å²) >= 11 is 0. The van der Waals surface area contributed by atoms with Gasteiger partial charge in [-0.15, -0.1) is 0 Å². The highest BCUT2D eigenvalue weighted by Gasteiger charge is 2.26. The molecule has 104 valence electrons. The minimum Gasteiger partial charge on any atom is -0.390 e. The Bertz CT molecular complexity index is 309. The first-order valence-electron chi connectivity index (χ1n) is 5.99. The van der Waals surface area contributed by atoms with Gasteiger partial charge in [0.2, 0.25) is 5.91 Å². The van der Waals surface area contributed by atoms with Crippen molar-refractivity contribution in [3.8, 4) is 0 Å². The molecule has 1 rings (SSSR count). The minimum atomic E-state index is -0.596. The standard InChI is InChI=1S/C11H22N4O3/c1-13(2)7-9(16)6-12-10(17)8-15-5-4-14(3)11(15)18/h9,16H,4-8H2,1-3H3,(H,12,17). The molecule has 7 nitrogen and oxygen atoms in total. The number of carbonyl (C=O) groups is 2. The van der Waals surface area contributed by atoms with Gasteiger partial charge in [-0.25, -0.2) is 4.79 Å². The Balaban J connectivity index is 2.24. The van der Waals surface area contributed by atoms with Gasteiger partial charge in [0.15, 0.2) is 0 Å². The molecule has 2 N–H and O–H groups in total. The lowest BCUT2D eigenvalue weighted by atomic mass is 10.3. The summed E-state index contributed by atoms with van der Waals surface area (Å²) in [6.07, 6.45) is -0.596. The molecule has 1 aliphatic heterocycles. The van der Waals surface area contributed by atoms with Crippen molar-refractivity contribution in [2.45, 2.75) is 6.10 Å². The molecule has 18 heavy (non-hydrogen) atoms. The molecule has 1 aliphatic rings. The molecular weight excluding hydrogens is 236 g/mol. The second-order valence-corrected chi connectivity index (χ2v) is 4.85. The Morgan fingerprint density at radius 2 is 2.17 bits per heavy atom. The lowest BCUT2D eigenvalue weighted by molar-refractivity contribution is -0.122. The maximum atomic E-state index is 11.6. The van der Waals surface area contributed by atoms with Crippen LogP contribution < -0.4 is 5.32 Å². The van der Waals surface area contributed by atoms with E-state index >= 15 is 0 Å². The molecule has 0 aromatic rings. The van der Waals surface area contributed by atoms with Crippen LogP contribution in [0.4, 0.5) is 4.79 Å². The smallest absolute Gasteiger partial charge is 0.320 e. The van der Waals surface area contributed by atoms with E-state index in [1.54, 1.807) is 11.9 Å². The summed E-state index contributed by atoms with van der Waals surface area (Å²) in [6, 6.07) is -0.126. The van der Waals surface area contributed by atoms with Crippen LogP contribution in [-0.2, 0) is 4.79 Å². The van der Waals surface area contributed by atoms with Gasteiger partial charge in [-0.2, -0.15) is 0 Å². The normalized spacial score (nSPS) is 17.5. The zero-order valence-electron chi connectivity index (χ0n) is 11.2. The number of hydrogen-bond acceptors (Lipinski definition) is 4. The van der Waals surface area contributed by atoms with E-state index in [1.807, 2.05) is 19.0 Å². The van der Waals surface area contributed by atoms with Crippen molar-refractivity contribution in [2.24, 2.45) is 0 Å². The second-order valence-electron chi connectivity index (χ2n) is 4.85. The molecule has 0 bridgehead atoms. The van der Waals surface area contributed by atoms with Gasteiger partial charge in [0, 0.05) is 33.2 Å². The SMILES string of the molecule is CN(C)CC(O)CNC(=O)CN1CCN(C)C1=O. The first kappa shape index (κ1) is 14.7. The second kappa shape index (κ2) is 6.55. The molecule has 0 aromatic carbocycles. The Morgan fingerprint density at radius 1 is 1.50 bits per heavy atom. The van der Waals surface area contributed by atoms with Crippen LogP contribution in [0.3, 0.4) is 0 Å². The maximum Gasteiger partial charge on any atom is 0.320 e. The van der Waals surface area contributed by atoms with Crippen molar-refractivity contribution in [3.05, 3.63) is 0 Å². The number of nitrogens with zero attached hydrogens (tertiary/aromatic N) is 3. The van der Waals surface area contributed by atoms with Crippen LogP contribution in [0.15, 0.2) is 0 Å². The highest BCUT2D eigenvalue weighted by atomic mass is 16.3. The third-order valence-corrected chi connectivity index (χ3v) is 2.75. The molecule has 0 saturated carbocycles. The average molecular weight is 258 g/mol. The fourth-order valence-corrected chi connectivity index (χ4v) is 1.80. The van der Waals surface area contributed by atoms with Gasteiger partial charge < -0.3 is 25.1 Å². The first-order chi connectivity index (χ1) is 8.40. The molecule has 0 aliphatic carbocycles. The van der Waals surface area contributed by atoms with E-state index in [0.717, 1.165) is 0 Å². The molecular formula is C11H22N4O3. The molecule has 1 atom stereocenters. The lowest BCUT2D eigenvalue weighted by Crippen LogP contribution is -2.43. The fraction of sp³-hybridized carbons (Fsp3) is 0.818. The topological polar surface area (TPSA) is 76.1 Å². The monoisotopic (exact) mass is 258 g/mol. The summed E-state index contributed by atoms with van der Waals surface area (Å²) in [5, 5.41) is 12.2. The van der Waals surface area contributed by atoms with Crippen molar-refractivity contribution >= 4 is 11.9 Å². The maximum absolute atomic E-state index is 11.6. The van der Waals surface area contributed by atoms with Crippen molar-refractivity contribution in [1.29, 1.82) is 0 Å². The van der Waals surface area contributed by atoms with Gasteiger partial charge in [0.05, 0.1) is 6.10 Å². The highest BCUT2D eigenvalue weighted by Crippen LogP contribution is 2.04. The summed E-state index contributed by atoms with van der Waals surface area (Å²) in [5.74, 6) is -0.239. The summed E-state index contributed by atoms with van der Waals surface area (Å²) < 4.78 is 0. The molecule has 1 unspecified atom stereocenters. The Labute approximate surface area is 107 Å². The number of urea groups is 1. The zero-order chi connectivity index (χ0) is 13.7. The predicted molar refractivity (Wildman–Crippen MR) is 67.2 cm³/mol. The van der Waals surface area contributed by atoms with Gasteiger partial charge in [-0.05, 0) is 14.1 Å². The van der Waals surface area contributed by atoms with E-state index in [-0.39, 0.29) is 25.0 Å². The van der Waals surface area contributed by atoms with E-state index in [1.165, 1.54) is 4.90 Å². The molecule has 0 spiro atoms. The third-order valence-electron chi connectivity index (χ3n) is 2.75. The largest absolute Gasteiger partial charge is 0.390 e. The van der Waals surface area contributed by atoms with E-state index in [0.29, 0.717) is 19.6 Å². The first-order valence-corrected chi connectivity index (χ1v) is 5.99. The van der Waals surface area contributed by atoms with Crippen LogP contribution in [-0.4, -0.2) is 91.7 Å². The molecule has 0 radical (unpaired) electrons. The fourth-order valence-electron chi connectivity index (χ4n) is 1.80. The van der Waals surface area contributed by atoms with Crippen molar-refractivity contribution in [1.82, 2.24) is 20.0 Å². The van der Waals surface area contributed by atoms with Crippen LogP contribution in [0.2, 0.25) is 0 Å². The van der Waals surface area contributed by atoms with Crippen molar-refractivity contribution < 1.29 is 14.7 Å². The summed E-state index contributed by atoms with van der Waals surface area (Å²) in [7, 11) is 5.41. The Kier molecular flexibility index (Phi) is 5.36. The van der Waals surface area contributed by atoms with Gasteiger partial charge in [0.1, 0.15) is 6.54 Å². The number of nitrogens with one attached hydrogen (secondary N) is 1. The predicted octanol–water partition coefficient (Wildman–Crippen LogP) is -1.61. The van der Waals surface area contributed by atoms with Crippen LogP contribution in [0.25, 0.3) is 0 Å². The molecule has 3 amide bonds. The minimum absolute atomic E-state index is 0.0534. The van der Waals surface area contributed by atoms with E-state index in [9.17, 15) is 14.7 Å². The lowest BCUT2D eigenvalue weighted by Gasteiger charge is -2.18. The zero-order valence-corrected chi connectivity index (χ0v) is 11.2. The van der Waals surface area contributed by atoms with Crippen LogP contribution in [0, 0.1) is 0 Å². The summed E-state index contributed by atoms with van der Waals surface area (Å²) in [5.41, 5.74) is 0. The number of rotatable bonds is 6. The summed E-state index contributed by atoms with van der Waals surface area (Å²) in [6.45, 7) is 1.97. The number of likely N-dealkylation sites (N-methyl/N-ethyl adjacent to an activating group) is 2. The molecule has 7 heteroatoms. The number of aliphatic hydroxyl groups excluding tert-OH is 1. The quantitative estimate of drug-likeness (QED) is 0.601. The van der Waals surface area contributed by atoms with Gasteiger partial charge in [-0.3, -0.25) is 4.79 Å². The molecule has 1 heterocycles. The Hall–Kier alpha value is -1.34. The Morgan fingerprint density at radius 3 is 2.67 bits per heavy atom. The number of amides is 3. The average Bonchev–Trinajstić information content (AvgIpc) is 2.57. The summed E-state index contributed by atoms with van der Waals surface area (Å²) in [4.78, 5) is 28.0.